The van der Waals surface area contributed by atoms with Crippen molar-refractivity contribution in [3.05, 3.63) is 164 Å². The van der Waals surface area contributed by atoms with Gasteiger partial charge in [0, 0.05) is 44.3 Å². The standard InChI is InChI=1S/C46H17F15N4O2/c1-67-46(66)15-4-2-14(3-5-15)24-16-6-8-18(62-16)25(28-31(47)37(53)43(59)38(54)32(28)48)20-10-12-22(64-20)27(30-35(51)41(57)45(61)42(58)36(30)52)23-13-11-21(65-23)26(19-9-7-17(24)63-19)29-33(49)39(55)44(60)40(56)34(29)50/h2-13,62,65H,1H3. The van der Waals surface area contributed by atoms with Crippen LogP contribution < -0.4 is 0 Å². The van der Waals surface area contributed by atoms with E-state index in [0.717, 1.165) is 49.6 Å². The van der Waals surface area contributed by atoms with Crippen molar-refractivity contribution in [3.63, 3.8) is 0 Å². The highest BCUT2D eigenvalue weighted by atomic mass is 19.2. The first-order valence-corrected chi connectivity index (χ1v) is 18.8. The van der Waals surface area contributed by atoms with Crippen molar-refractivity contribution >= 4 is 52.3 Å². The normalized spacial score (nSPS) is 12.1. The Morgan fingerprint density at radius 2 is 0.612 bits per heavy atom. The molecule has 0 atom stereocenters. The van der Waals surface area contributed by atoms with Crippen LogP contribution in [0.2, 0.25) is 0 Å². The summed E-state index contributed by atoms with van der Waals surface area (Å²) in [4.78, 5) is 26.0. The average Bonchev–Trinajstić information content (AvgIpc) is 4.19. The molecule has 2 aliphatic heterocycles. The van der Waals surface area contributed by atoms with E-state index >= 15 is 26.3 Å². The summed E-state index contributed by atoms with van der Waals surface area (Å²) in [6, 6.07) is 9.07. The molecule has 7 aromatic rings. The highest BCUT2D eigenvalue weighted by Crippen LogP contribution is 2.43. The first kappa shape index (κ1) is 44.1. The molecule has 9 rings (SSSR count). The summed E-state index contributed by atoms with van der Waals surface area (Å²) < 4.78 is 233. The van der Waals surface area contributed by atoms with Crippen molar-refractivity contribution in [2.45, 2.75) is 0 Å². The Bertz CT molecular complexity index is 3440. The molecular formula is C46H17F15N4O2. The molecule has 2 N–H and O–H groups in total. The SMILES string of the molecule is COC(=O)c1ccc(-c2c3nc(c(-c4c(F)c(F)c(F)c(F)c4F)c4ccc([nH]4)c(-c4c(F)c(F)c(F)c(F)c4F)c4nc(c(-c5c(F)c(F)c(F)c(F)c5F)c5ccc2[nH]5)C=C4)C=C3)cc1. The number of aromatic amines is 2. The smallest absolute Gasteiger partial charge is 0.337 e. The molecule has 0 aliphatic carbocycles. The van der Waals surface area contributed by atoms with Crippen LogP contribution in [-0.2, 0) is 4.74 Å². The lowest BCUT2D eigenvalue weighted by Gasteiger charge is -2.11. The van der Waals surface area contributed by atoms with Gasteiger partial charge in [-0.2, -0.15) is 0 Å². The van der Waals surface area contributed by atoms with Crippen LogP contribution in [0.25, 0.3) is 90.9 Å². The zero-order valence-electron chi connectivity index (χ0n) is 32.8. The quantitative estimate of drug-likeness (QED) is 0.0779. The number of esters is 1. The minimum atomic E-state index is -2.63. The van der Waals surface area contributed by atoms with Gasteiger partial charge >= 0.3 is 5.97 Å². The summed E-state index contributed by atoms with van der Waals surface area (Å²) in [5, 5.41) is 0. The predicted octanol–water partition coefficient (Wildman–Crippen LogP) is 13.2. The third-order valence-corrected chi connectivity index (χ3v) is 10.7. The van der Waals surface area contributed by atoms with Gasteiger partial charge in [-0.15, -0.1) is 0 Å². The molecule has 67 heavy (non-hydrogen) atoms. The molecule has 6 nitrogen and oxygen atoms in total. The van der Waals surface area contributed by atoms with Crippen molar-refractivity contribution in [1.82, 2.24) is 19.9 Å². The predicted molar refractivity (Wildman–Crippen MR) is 211 cm³/mol. The third kappa shape index (κ3) is 6.74. The number of fused-ring (bicyclic) bond motifs is 8. The van der Waals surface area contributed by atoms with Crippen LogP contribution in [-0.4, -0.2) is 33.0 Å². The Morgan fingerprint density at radius 3 is 0.896 bits per heavy atom. The van der Waals surface area contributed by atoms with Crippen molar-refractivity contribution in [3.8, 4) is 44.5 Å². The molecule has 3 aromatic heterocycles. The maximum absolute atomic E-state index is 15.9. The molecule has 0 unspecified atom stereocenters. The van der Waals surface area contributed by atoms with E-state index in [0.29, 0.717) is 0 Å². The number of H-pyrrole nitrogens is 2. The molecule has 0 saturated carbocycles. The Kier molecular flexibility index (Phi) is 10.6. The van der Waals surface area contributed by atoms with Crippen molar-refractivity contribution in [1.29, 1.82) is 0 Å². The monoisotopic (exact) mass is 942 g/mol. The van der Waals surface area contributed by atoms with Crippen LogP contribution in [0.3, 0.4) is 0 Å². The van der Waals surface area contributed by atoms with Gasteiger partial charge in [0.1, 0.15) is 0 Å². The molecule has 0 amide bonds. The van der Waals surface area contributed by atoms with E-state index in [1.54, 1.807) is 0 Å². The number of benzene rings is 4. The first-order valence-electron chi connectivity index (χ1n) is 18.8. The molecule has 5 heterocycles. The number of rotatable bonds is 5. The van der Waals surface area contributed by atoms with Crippen LogP contribution in [0.5, 0.6) is 0 Å². The van der Waals surface area contributed by atoms with Gasteiger partial charge in [-0.1, -0.05) is 12.1 Å². The molecule has 0 saturated heterocycles. The lowest BCUT2D eigenvalue weighted by molar-refractivity contribution is 0.0600. The second-order valence-electron chi connectivity index (χ2n) is 14.4. The van der Waals surface area contributed by atoms with Gasteiger partial charge in [-0.25, -0.2) is 80.6 Å². The summed E-state index contributed by atoms with van der Waals surface area (Å²) in [5.74, 6) is -37.9. The number of nitrogens with one attached hydrogen (secondary N) is 2. The fourth-order valence-corrected chi connectivity index (χ4v) is 7.66. The second kappa shape index (κ2) is 16.1. The van der Waals surface area contributed by atoms with Gasteiger partial charge < -0.3 is 14.7 Å². The summed E-state index contributed by atoms with van der Waals surface area (Å²) in [7, 11) is 1.09. The van der Waals surface area contributed by atoms with Crippen LogP contribution in [0.4, 0.5) is 65.9 Å². The van der Waals surface area contributed by atoms with Crippen LogP contribution in [0.15, 0.2) is 48.5 Å². The number of carbonyl (C=O) groups is 1. The van der Waals surface area contributed by atoms with E-state index in [4.69, 9.17) is 4.74 Å². The summed E-state index contributed by atoms with van der Waals surface area (Å²) in [6.07, 6.45) is 3.75. The highest BCUT2D eigenvalue weighted by molar-refractivity contribution is 6.00. The lowest BCUT2D eigenvalue weighted by Crippen LogP contribution is -2.06. The van der Waals surface area contributed by atoms with Crippen LogP contribution in [0.1, 0.15) is 33.1 Å². The molecule has 4 aromatic carbocycles. The minimum Gasteiger partial charge on any atom is -0.465 e. The Balaban J connectivity index is 1.55. The molecular weight excluding hydrogens is 926 g/mol. The van der Waals surface area contributed by atoms with Gasteiger partial charge in [-0.05, 0) is 66.3 Å². The van der Waals surface area contributed by atoms with Gasteiger partial charge in [-0.3, -0.25) is 0 Å². The molecule has 0 fully saturated rings. The van der Waals surface area contributed by atoms with E-state index in [2.05, 4.69) is 19.9 Å². The Hall–Kier alpha value is -8.10. The zero-order chi connectivity index (χ0) is 48.1. The van der Waals surface area contributed by atoms with E-state index in [1.807, 2.05) is 0 Å². The fraction of sp³-hybridized carbons (Fsp3) is 0.0217. The van der Waals surface area contributed by atoms with E-state index in [-0.39, 0.29) is 27.9 Å². The molecule has 0 spiro atoms. The summed E-state index contributed by atoms with van der Waals surface area (Å²) in [5.41, 5.74) is -12.4. The van der Waals surface area contributed by atoms with Gasteiger partial charge in [0.2, 0.25) is 17.5 Å². The van der Waals surface area contributed by atoms with Gasteiger partial charge in [0.05, 0.1) is 52.1 Å². The fourth-order valence-electron chi connectivity index (χ4n) is 7.66. The summed E-state index contributed by atoms with van der Waals surface area (Å²) >= 11 is 0. The molecule has 0 radical (unpaired) electrons. The maximum atomic E-state index is 15.9. The number of nitrogens with zero attached hydrogens (tertiary/aromatic N) is 2. The molecule has 338 valence electrons. The Labute approximate surface area is 363 Å². The average molecular weight is 943 g/mol. The first-order chi connectivity index (χ1) is 31.9. The number of aromatic nitrogens is 4. The molecule has 2 aliphatic rings. The van der Waals surface area contributed by atoms with E-state index < -0.39 is 160 Å². The molecule has 8 bridgehead atoms. The zero-order valence-corrected chi connectivity index (χ0v) is 32.8. The maximum Gasteiger partial charge on any atom is 0.337 e. The number of carbonyl (C=O) groups excluding carboxylic acids is 1. The Morgan fingerprint density at radius 1 is 0.358 bits per heavy atom. The largest absolute Gasteiger partial charge is 0.465 e. The number of hydrogen-bond acceptors (Lipinski definition) is 4. The number of hydrogen-bond donors (Lipinski definition) is 2. The summed E-state index contributed by atoms with van der Waals surface area (Å²) in [6.45, 7) is 0. The van der Waals surface area contributed by atoms with Crippen LogP contribution in [0, 0.1) is 87.3 Å². The lowest BCUT2D eigenvalue weighted by atomic mass is 10.0. The van der Waals surface area contributed by atoms with E-state index in [1.165, 1.54) is 30.3 Å². The number of ether oxygens (including phenoxy) is 1. The number of methoxy groups -OCH3 is 1. The van der Waals surface area contributed by atoms with Gasteiger partial charge in [0.15, 0.2) is 69.8 Å². The van der Waals surface area contributed by atoms with Gasteiger partial charge in [0.25, 0.3) is 0 Å². The van der Waals surface area contributed by atoms with E-state index in [9.17, 15) is 44.3 Å². The van der Waals surface area contributed by atoms with Crippen LogP contribution >= 0.6 is 0 Å². The molecule has 21 heteroatoms. The second-order valence-corrected chi connectivity index (χ2v) is 14.4. The third-order valence-electron chi connectivity index (χ3n) is 10.7. The van der Waals surface area contributed by atoms with Crippen molar-refractivity contribution in [2.75, 3.05) is 7.11 Å². The van der Waals surface area contributed by atoms with Crippen molar-refractivity contribution in [2.24, 2.45) is 0 Å². The highest BCUT2D eigenvalue weighted by Gasteiger charge is 2.34. The van der Waals surface area contributed by atoms with Crippen molar-refractivity contribution < 1.29 is 75.4 Å². The number of halogens is 15. The minimum absolute atomic E-state index is 0.00920. The topological polar surface area (TPSA) is 83.7 Å².